The molecule has 12 rings (SSSR count). The van der Waals surface area contributed by atoms with E-state index in [2.05, 4.69) is 88.0 Å². The summed E-state index contributed by atoms with van der Waals surface area (Å²) in [6.45, 7) is 0. The Kier molecular flexibility index (Phi) is 8.66. The van der Waals surface area contributed by atoms with Crippen molar-refractivity contribution in [3.8, 4) is 74.6 Å². The van der Waals surface area contributed by atoms with E-state index in [1.54, 1.807) is 0 Å². The zero-order valence-corrected chi connectivity index (χ0v) is 34.1. The van der Waals surface area contributed by atoms with Crippen molar-refractivity contribution in [2.24, 2.45) is 0 Å². The lowest BCUT2D eigenvalue weighted by Gasteiger charge is -2.16. The van der Waals surface area contributed by atoms with E-state index in [4.69, 9.17) is 29.9 Å². The molecule has 9 nitrogen and oxygen atoms in total. The summed E-state index contributed by atoms with van der Waals surface area (Å²) in [4.78, 5) is 30.6. The second-order valence-corrected chi connectivity index (χ2v) is 15.5. The van der Waals surface area contributed by atoms with E-state index in [-0.39, 0.29) is 0 Å². The number of nitriles is 1. The van der Waals surface area contributed by atoms with Gasteiger partial charge in [0.1, 0.15) is 0 Å². The van der Waals surface area contributed by atoms with Gasteiger partial charge in [-0.25, -0.2) is 19.9 Å². The summed E-state index contributed by atoms with van der Waals surface area (Å²) in [6.07, 6.45) is 0. The van der Waals surface area contributed by atoms with E-state index in [0.29, 0.717) is 46.2 Å². The number of rotatable bonds is 7. The average Bonchev–Trinajstić information content (AvgIpc) is 3.89. The average molecular weight is 820 g/mol. The van der Waals surface area contributed by atoms with Crippen LogP contribution >= 0.6 is 0 Å². The zero-order valence-electron chi connectivity index (χ0n) is 34.1. The molecule has 0 aliphatic carbocycles. The molecule has 64 heavy (non-hydrogen) atoms. The van der Waals surface area contributed by atoms with Gasteiger partial charge in [0.2, 0.25) is 5.95 Å². The second-order valence-electron chi connectivity index (χ2n) is 15.5. The standard InChI is InChI=1S/C55H33N9/c56-34-35-28-30-49(44(32-35)54-60-52(38-20-8-3-9-21-38)61-55(62-54)64-46-26-14-10-22-40(46)41-23-11-15-27-47(41)64)63-45-25-13-12-24-42(45)43-33-39(29-31-48(43)63)53-58-50(36-16-4-1-5-17-36)57-51(59-53)37-18-6-2-7-19-37/h1-33H. The van der Waals surface area contributed by atoms with Gasteiger partial charge in [-0.2, -0.15) is 15.2 Å². The fraction of sp³-hybridized carbons (Fsp3) is 0. The molecule has 0 saturated carbocycles. The molecule has 0 spiro atoms. The quantitative estimate of drug-likeness (QED) is 0.157. The summed E-state index contributed by atoms with van der Waals surface area (Å²) < 4.78 is 4.33. The molecule has 298 valence electrons. The van der Waals surface area contributed by atoms with Crippen molar-refractivity contribution < 1.29 is 0 Å². The van der Waals surface area contributed by atoms with Crippen LogP contribution in [0.4, 0.5) is 0 Å². The van der Waals surface area contributed by atoms with Gasteiger partial charge in [0.25, 0.3) is 0 Å². The fourth-order valence-electron chi connectivity index (χ4n) is 8.73. The van der Waals surface area contributed by atoms with E-state index < -0.39 is 0 Å². The Bertz CT molecular complexity index is 3680. The SMILES string of the molecule is N#Cc1ccc(-n2c3ccccc3c3cc(-c4nc(-c5ccccc5)nc(-c5ccccc5)n4)ccc32)c(-c2nc(-c3ccccc3)nc(-n3c4ccccc4c4ccccc43)n2)c1. The lowest BCUT2D eigenvalue weighted by molar-refractivity contribution is 0.951. The van der Waals surface area contributed by atoms with Crippen LogP contribution in [0.2, 0.25) is 0 Å². The maximum Gasteiger partial charge on any atom is 0.238 e. The molecule has 0 unspecified atom stereocenters. The molecule has 0 aliphatic heterocycles. The van der Waals surface area contributed by atoms with Crippen molar-refractivity contribution in [2.45, 2.75) is 0 Å². The van der Waals surface area contributed by atoms with Crippen LogP contribution in [0.15, 0.2) is 200 Å². The van der Waals surface area contributed by atoms with Crippen molar-refractivity contribution in [1.29, 1.82) is 5.26 Å². The molecule has 8 aromatic carbocycles. The number of aromatic nitrogens is 8. The third-order valence-electron chi connectivity index (χ3n) is 11.7. The number of hydrogen-bond acceptors (Lipinski definition) is 7. The topological polar surface area (TPSA) is 111 Å². The van der Waals surface area contributed by atoms with E-state index >= 15 is 0 Å². The van der Waals surface area contributed by atoms with Crippen LogP contribution in [0.3, 0.4) is 0 Å². The highest BCUT2D eigenvalue weighted by molar-refractivity contribution is 6.11. The Balaban J connectivity index is 1.09. The minimum absolute atomic E-state index is 0.437. The van der Waals surface area contributed by atoms with Crippen LogP contribution in [-0.4, -0.2) is 39.0 Å². The summed E-state index contributed by atoms with van der Waals surface area (Å²) >= 11 is 0. The van der Waals surface area contributed by atoms with Crippen molar-refractivity contribution in [1.82, 2.24) is 39.0 Å². The van der Waals surface area contributed by atoms with Crippen molar-refractivity contribution in [2.75, 3.05) is 0 Å². The molecule has 0 saturated heterocycles. The summed E-state index contributed by atoms with van der Waals surface area (Å²) in [7, 11) is 0. The number of nitrogens with zero attached hydrogens (tertiary/aromatic N) is 9. The molecule has 0 aliphatic rings. The molecule has 4 aromatic heterocycles. The van der Waals surface area contributed by atoms with Crippen molar-refractivity contribution in [3.05, 3.63) is 206 Å². The predicted molar refractivity (Wildman–Crippen MR) is 254 cm³/mol. The van der Waals surface area contributed by atoms with E-state index in [1.165, 1.54) is 0 Å². The van der Waals surface area contributed by atoms with Gasteiger partial charge in [0.15, 0.2) is 29.1 Å². The number of para-hydroxylation sites is 3. The molecule has 0 radical (unpaired) electrons. The number of benzene rings is 8. The highest BCUT2D eigenvalue weighted by atomic mass is 15.2. The number of hydrogen-bond donors (Lipinski definition) is 0. The summed E-state index contributed by atoms with van der Waals surface area (Å²) in [6, 6.07) is 69.3. The molecule has 0 fully saturated rings. The third-order valence-corrected chi connectivity index (χ3v) is 11.7. The Morgan fingerprint density at radius 3 is 1.30 bits per heavy atom. The first-order valence-electron chi connectivity index (χ1n) is 20.9. The van der Waals surface area contributed by atoms with Crippen LogP contribution in [0.25, 0.3) is 112 Å². The Labute approximate surface area is 366 Å². The molecule has 0 amide bonds. The van der Waals surface area contributed by atoms with Gasteiger partial charge in [0.05, 0.1) is 39.4 Å². The van der Waals surface area contributed by atoms with E-state index in [9.17, 15) is 5.26 Å². The van der Waals surface area contributed by atoms with Crippen molar-refractivity contribution in [3.63, 3.8) is 0 Å². The van der Waals surface area contributed by atoms with Gasteiger partial charge in [-0.3, -0.25) is 4.57 Å². The van der Waals surface area contributed by atoms with E-state index in [0.717, 1.165) is 71.6 Å². The van der Waals surface area contributed by atoms with Gasteiger partial charge in [-0.15, -0.1) is 0 Å². The highest BCUT2D eigenvalue weighted by Crippen LogP contribution is 2.39. The molecule has 0 atom stereocenters. The normalized spacial score (nSPS) is 11.4. The Hall–Kier alpha value is -9.13. The maximum absolute atomic E-state index is 10.3. The Morgan fingerprint density at radius 1 is 0.328 bits per heavy atom. The monoisotopic (exact) mass is 819 g/mol. The minimum atomic E-state index is 0.437. The predicted octanol–water partition coefficient (Wildman–Crippen LogP) is 12.5. The lowest BCUT2D eigenvalue weighted by atomic mass is 10.1. The molecule has 0 N–H and O–H groups in total. The van der Waals surface area contributed by atoms with Gasteiger partial charge in [-0.1, -0.05) is 146 Å². The van der Waals surface area contributed by atoms with Gasteiger partial charge < -0.3 is 4.57 Å². The molecular weight excluding hydrogens is 787 g/mol. The first-order chi connectivity index (χ1) is 31.7. The third kappa shape index (κ3) is 6.17. The lowest BCUT2D eigenvalue weighted by Crippen LogP contribution is -2.08. The molecule has 12 aromatic rings. The smallest absolute Gasteiger partial charge is 0.238 e. The van der Waals surface area contributed by atoms with Crippen LogP contribution < -0.4 is 0 Å². The maximum atomic E-state index is 10.3. The first-order valence-corrected chi connectivity index (χ1v) is 20.9. The van der Waals surface area contributed by atoms with Crippen LogP contribution in [0.5, 0.6) is 0 Å². The second kappa shape index (κ2) is 15.1. The van der Waals surface area contributed by atoms with Gasteiger partial charge in [0, 0.05) is 49.4 Å². The van der Waals surface area contributed by atoms with Gasteiger partial charge in [-0.05, 0) is 54.6 Å². The fourth-order valence-corrected chi connectivity index (χ4v) is 8.73. The van der Waals surface area contributed by atoms with E-state index in [1.807, 2.05) is 127 Å². The summed E-state index contributed by atoms with van der Waals surface area (Å²) in [5.74, 6) is 3.20. The van der Waals surface area contributed by atoms with Crippen LogP contribution in [-0.2, 0) is 0 Å². The van der Waals surface area contributed by atoms with Crippen LogP contribution in [0, 0.1) is 11.3 Å². The Morgan fingerprint density at radius 2 is 0.750 bits per heavy atom. The first kappa shape index (κ1) is 36.7. The molecular formula is C55H33N9. The minimum Gasteiger partial charge on any atom is -0.308 e. The number of fused-ring (bicyclic) bond motifs is 6. The summed E-state index contributed by atoms with van der Waals surface area (Å²) in [5.41, 5.74) is 9.39. The largest absolute Gasteiger partial charge is 0.308 e. The van der Waals surface area contributed by atoms with Crippen molar-refractivity contribution >= 4 is 43.6 Å². The zero-order chi connectivity index (χ0) is 42.6. The summed E-state index contributed by atoms with van der Waals surface area (Å²) in [5, 5.41) is 14.6. The van der Waals surface area contributed by atoms with Crippen LogP contribution in [0.1, 0.15) is 5.56 Å². The molecule has 0 bridgehead atoms. The van der Waals surface area contributed by atoms with Gasteiger partial charge >= 0.3 is 0 Å². The highest BCUT2D eigenvalue weighted by Gasteiger charge is 2.23. The molecule has 4 heterocycles. The molecule has 9 heteroatoms.